The van der Waals surface area contributed by atoms with Crippen molar-refractivity contribution in [3.63, 3.8) is 0 Å². The normalized spacial score (nSPS) is 27.1. The van der Waals surface area contributed by atoms with Gasteiger partial charge in [0.25, 0.3) is 0 Å². The quantitative estimate of drug-likeness (QED) is 0.916. The molecule has 4 heteroatoms. The molecule has 3 rings (SSSR count). The number of fused-ring (bicyclic) bond motifs is 1. The Bertz CT molecular complexity index is 431. The maximum atomic E-state index is 6.16. The molecule has 1 N–H and O–H groups in total. The standard InChI is InChI=1S/C16H23NO3/c1-2-17-16(12-6-5-9-18-10-12)15-11-19-13-7-3-4-8-14(13)20-15/h3-4,7-8,12,15-17H,2,5-6,9-11H2,1H3. The molecule has 1 fully saturated rings. The molecule has 0 saturated carbocycles. The van der Waals surface area contributed by atoms with E-state index in [9.17, 15) is 0 Å². The molecule has 4 nitrogen and oxygen atoms in total. The Morgan fingerprint density at radius 2 is 2.10 bits per heavy atom. The van der Waals surface area contributed by atoms with Crippen molar-refractivity contribution >= 4 is 0 Å². The average molecular weight is 277 g/mol. The van der Waals surface area contributed by atoms with Gasteiger partial charge in [0.15, 0.2) is 11.5 Å². The molecular weight excluding hydrogens is 254 g/mol. The van der Waals surface area contributed by atoms with Crippen LogP contribution in [0.1, 0.15) is 19.8 Å². The molecule has 2 aliphatic heterocycles. The molecule has 0 aliphatic carbocycles. The minimum atomic E-state index is 0.0524. The summed E-state index contributed by atoms with van der Waals surface area (Å²) in [6, 6.07) is 8.17. The van der Waals surface area contributed by atoms with Gasteiger partial charge in [-0.25, -0.2) is 0 Å². The summed E-state index contributed by atoms with van der Waals surface area (Å²) in [5, 5.41) is 3.57. The Labute approximate surface area is 120 Å². The second-order valence-corrected chi connectivity index (χ2v) is 5.47. The second kappa shape index (κ2) is 6.46. The van der Waals surface area contributed by atoms with E-state index in [1.165, 1.54) is 6.42 Å². The van der Waals surface area contributed by atoms with Crippen molar-refractivity contribution in [3.8, 4) is 11.5 Å². The Balaban J connectivity index is 1.72. The van der Waals surface area contributed by atoms with Crippen LogP contribution in [0.3, 0.4) is 0 Å². The Morgan fingerprint density at radius 1 is 1.25 bits per heavy atom. The maximum Gasteiger partial charge on any atom is 0.161 e. The lowest BCUT2D eigenvalue weighted by atomic mass is 9.89. The summed E-state index contributed by atoms with van der Waals surface area (Å²) in [7, 11) is 0. The summed E-state index contributed by atoms with van der Waals surface area (Å²) in [4.78, 5) is 0. The number of benzene rings is 1. The molecule has 1 saturated heterocycles. The highest BCUT2D eigenvalue weighted by atomic mass is 16.6. The van der Waals surface area contributed by atoms with Crippen molar-refractivity contribution in [2.75, 3.05) is 26.4 Å². The van der Waals surface area contributed by atoms with Gasteiger partial charge in [-0.2, -0.15) is 0 Å². The summed E-state index contributed by atoms with van der Waals surface area (Å²) in [6.45, 7) is 5.38. The van der Waals surface area contributed by atoms with Gasteiger partial charge in [-0.15, -0.1) is 0 Å². The van der Waals surface area contributed by atoms with Crippen LogP contribution in [0.25, 0.3) is 0 Å². The lowest BCUT2D eigenvalue weighted by Gasteiger charge is -2.38. The Hall–Kier alpha value is -1.26. The van der Waals surface area contributed by atoms with Crippen molar-refractivity contribution < 1.29 is 14.2 Å². The van der Waals surface area contributed by atoms with Crippen molar-refractivity contribution in [1.82, 2.24) is 5.32 Å². The fourth-order valence-electron chi connectivity index (χ4n) is 3.10. The molecule has 3 unspecified atom stereocenters. The van der Waals surface area contributed by atoms with Crippen LogP contribution in [-0.2, 0) is 4.74 Å². The zero-order chi connectivity index (χ0) is 13.8. The van der Waals surface area contributed by atoms with E-state index in [1.807, 2.05) is 24.3 Å². The van der Waals surface area contributed by atoms with Gasteiger partial charge in [0.1, 0.15) is 12.7 Å². The van der Waals surface area contributed by atoms with E-state index in [0.717, 1.165) is 37.7 Å². The first-order valence-corrected chi connectivity index (χ1v) is 7.58. The van der Waals surface area contributed by atoms with E-state index in [-0.39, 0.29) is 12.1 Å². The highest BCUT2D eigenvalue weighted by Crippen LogP contribution is 2.33. The van der Waals surface area contributed by atoms with Crippen LogP contribution in [-0.4, -0.2) is 38.5 Å². The van der Waals surface area contributed by atoms with Crippen LogP contribution in [0.2, 0.25) is 0 Å². The lowest BCUT2D eigenvalue weighted by Crippen LogP contribution is -2.53. The summed E-state index contributed by atoms with van der Waals surface area (Å²) in [5.41, 5.74) is 0. The van der Waals surface area contributed by atoms with Crippen LogP contribution >= 0.6 is 0 Å². The topological polar surface area (TPSA) is 39.7 Å². The second-order valence-electron chi connectivity index (χ2n) is 5.47. The van der Waals surface area contributed by atoms with Crippen LogP contribution in [0.5, 0.6) is 11.5 Å². The summed E-state index contributed by atoms with van der Waals surface area (Å²) >= 11 is 0. The highest BCUT2D eigenvalue weighted by Gasteiger charge is 2.34. The van der Waals surface area contributed by atoms with Gasteiger partial charge >= 0.3 is 0 Å². The van der Waals surface area contributed by atoms with Crippen LogP contribution in [0, 0.1) is 5.92 Å². The monoisotopic (exact) mass is 277 g/mol. The molecule has 2 aliphatic rings. The first-order valence-electron chi connectivity index (χ1n) is 7.58. The summed E-state index contributed by atoms with van der Waals surface area (Å²) in [5.74, 6) is 2.20. The third kappa shape index (κ3) is 2.91. The predicted molar refractivity (Wildman–Crippen MR) is 77.4 cm³/mol. The number of likely N-dealkylation sites (N-methyl/N-ethyl adjacent to an activating group) is 1. The highest BCUT2D eigenvalue weighted by molar-refractivity contribution is 5.40. The van der Waals surface area contributed by atoms with Gasteiger partial charge in [0.2, 0.25) is 0 Å². The molecule has 0 amide bonds. The first kappa shape index (κ1) is 13.7. The van der Waals surface area contributed by atoms with Gasteiger partial charge in [0.05, 0.1) is 12.6 Å². The number of rotatable bonds is 4. The third-order valence-corrected chi connectivity index (χ3v) is 4.07. The third-order valence-electron chi connectivity index (χ3n) is 4.07. The van der Waals surface area contributed by atoms with Crippen LogP contribution < -0.4 is 14.8 Å². The van der Waals surface area contributed by atoms with E-state index in [1.54, 1.807) is 0 Å². The molecule has 20 heavy (non-hydrogen) atoms. The lowest BCUT2D eigenvalue weighted by molar-refractivity contribution is -0.00807. The summed E-state index contributed by atoms with van der Waals surface area (Å²) in [6.07, 6.45) is 2.38. The molecule has 3 atom stereocenters. The molecule has 1 aromatic rings. The van der Waals surface area contributed by atoms with E-state index in [2.05, 4.69) is 12.2 Å². The predicted octanol–water partition coefficient (Wildman–Crippen LogP) is 2.23. The maximum absolute atomic E-state index is 6.16. The molecule has 1 aromatic carbocycles. The van der Waals surface area contributed by atoms with Gasteiger partial charge in [-0.05, 0) is 31.5 Å². The van der Waals surface area contributed by atoms with Crippen LogP contribution in [0.15, 0.2) is 24.3 Å². The van der Waals surface area contributed by atoms with Crippen molar-refractivity contribution in [2.45, 2.75) is 31.9 Å². The minimum absolute atomic E-state index is 0.0524. The number of hydrogen-bond donors (Lipinski definition) is 1. The van der Waals surface area contributed by atoms with E-state index < -0.39 is 0 Å². The number of hydrogen-bond acceptors (Lipinski definition) is 4. The minimum Gasteiger partial charge on any atom is -0.486 e. The molecule has 0 aromatic heterocycles. The zero-order valence-electron chi connectivity index (χ0n) is 12.0. The molecule has 110 valence electrons. The molecular formula is C16H23NO3. The molecule has 2 heterocycles. The average Bonchev–Trinajstić information content (AvgIpc) is 2.53. The SMILES string of the molecule is CCNC(C1CCCOC1)C1COc2ccccc2O1. The van der Waals surface area contributed by atoms with Crippen molar-refractivity contribution in [2.24, 2.45) is 5.92 Å². The smallest absolute Gasteiger partial charge is 0.161 e. The van der Waals surface area contributed by atoms with E-state index >= 15 is 0 Å². The van der Waals surface area contributed by atoms with Gasteiger partial charge in [-0.1, -0.05) is 19.1 Å². The van der Waals surface area contributed by atoms with Crippen molar-refractivity contribution in [3.05, 3.63) is 24.3 Å². The van der Waals surface area contributed by atoms with Crippen LogP contribution in [0.4, 0.5) is 0 Å². The van der Waals surface area contributed by atoms with E-state index in [0.29, 0.717) is 12.5 Å². The van der Waals surface area contributed by atoms with Gasteiger partial charge in [0, 0.05) is 12.5 Å². The fraction of sp³-hybridized carbons (Fsp3) is 0.625. The fourth-order valence-corrected chi connectivity index (χ4v) is 3.10. The molecule has 0 radical (unpaired) electrons. The van der Waals surface area contributed by atoms with Gasteiger partial charge < -0.3 is 19.5 Å². The zero-order valence-corrected chi connectivity index (χ0v) is 12.0. The van der Waals surface area contributed by atoms with Crippen molar-refractivity contribution in [1.29, 1.82) is 0 Å². The largest absolute Gasteiger partial charge is 0.486 e. The number of nitrogens with one attached hydrogen (secondary N) is 1. The molecule has 0 bridgehead atoms. The Morgan fingerprint density at radius 3 is 2.85 bits per heavy atom. The Kier molecular flexibility index (Phi) is 4.43. The number of para-hydroxylation sites is 2. The molecule has 0 spiro atoms. The summed E-state index contributed by atoms with van der Waals surface area (Å²) < 4.78 is 17.6. The van der Waals surface area contributed by atoms with E-state index in [4.69, 9.17) is 14.2 Å². The number of ether oxygens (including phenoxy) is 3. The van der Waals surface area contributed by atoms with Gasteiger partial charge in [-0.3, -0.25) is 0 Å². The first-order chi connectivity index (χ1) is 9.88.